The van der Waals surface area contributed by atoms with E-state index in [0.717, 1.165) is 83.5 Å². The van der Waals surface area contributed by atoms with E-state index in [4.69, 9.17) is 0 Å². The van der Waals surface area contributed by atoms with Crippen LogP contribution >= 0.6 is 0 Å². The molecule has 0 aliphatic carbocycles. The van der Waals surface area contributed by atoms with Crippen molar-refractivity contribution in [2.24, 2.45) is 0 Å². The molecule has 0 saturated heterocycles. The molecular formula is C51H87NO3. The predicted octanol–water partition coefficient (Wildman–Crippen LogP) is 14.6. The lowest BCUT2D eigenvalue weighted by molar-refractivity contribution is -0.123. The Hall–Kier alpha value is -2.69. The third-order valence-electron chi connectivity index (χ3n) is 9.80. The van der Waals surface area contributed by atoms with Gasteiger partial charge in [0.25, 0.3) is 0 Å². The fraction of sp³-hybridized carbons (Fsp3) is 0.667. The number of aliphatic hydroxyl groups excluding tert-OH is 2. The standard InChI is InChI=1S/C51H87NO3/c1-3-5-7-9-11-13-15-17-19-21-23-24-25-26-27-28-29-31-33-35-37-39-41-43-45-47-51(55)52-49(48-53)50(54)46-44-42-40-38-36-34-32-30-22-20-18-16-14-12-10-8-6-4-2/h5,7,11,13,17,19,23-24,26-27,29,31,36,38,44,46,49-50,53-54H,3-4,6,8-10,12,14-16,18,20-22,25,28,30,32-35,37,39-43,45,47-48H2,1-2H3,(H,52,55)/b7-5-,13-11-,19-17-,24-23-,27-26-,31-29-,38-36+,46-44+. The second-order valence-electron chi connectivity index (χ2n) is 15.1. The molecule has 314 valence electrons. The maximum absolute atomic E-state index is 12.4. The quantitative estimate of drug-likeness (QED) is 0.0430. The van der Waals surface area contributed by atoms with E-state index in [1.165, 1.54) is 96.3 Å². The van der Waals surface area contributed by atoms with Crippen LogP contribution in [0, 0.1) is 0 Å². The number of unbranched alkanes of at least 4 members (excludes halogenated alkanes) is 19. The summed E-state index contributed by atoms with van der Waals surface area (Å²) in [5, 5.41) is 23.0. The van der Waals surface area contributed by atoms with Crippen molar-refractivity contribution in [2.45, 2.75) is 212 Å². The molecular weight excluding hydrogens is 675 g/mol. The summed E-state index contributed by atoms with van der Waals surface area (Å²) in [6.07, 6.45) is 68.0. The Kier molecular flexibility index (Phi) is 43.5. The average Bonchev–Trinajstić information content (AvgIpc) is 3.19. The van der Waals surface area contributed by atoms with Crippen LogP contribution in [0.2, 0.25) is 0 Å². The van der Waals surface area contributed by atoms with Crippen molar-refractivity contribution in [1.82, 2.24) is 5.32 Å². The Morgan fingerprint density at radius 3 is 1.27 bits per heavy atom. The summed E-state index contributed by atoms with van der Waals surface area (Å²) >= 11 is 0. The molecule has 0 saturated carbocycles. The zero-order valence-corrected chi connectivity index (χ0v) is 35.9. The second kappa shape index (κ2) is 45.7. The fourth-order valence-corrected chi connectivity index (χ4v) is 6.31. The van der Waals surface area contributed by atoms with E-state index >= 15 is 0 Å². The van der Waals surface area contributed by atoms with Crippen LogP contribution < -0.4 is 5.32 Å². The molecule has 0 spiro atoms. The Labute approximate surface area is 341 Å². The van der Waals surface area contributed by atoms with E-state index in [-0.39, 0.29) is 12.5 Å². The molecule has 0 aliphatic heterocycles. The lowest BCUT2D eigenvalue weighted by Crippen LogP contribution is -2.45. The van der Waals surface area contributed by atoms with Crippen LogP contribution in [-0.4, -0.2) is 34.9 Å². The minimum Gasteiger partial charge on any atom is -0.394 e. The molecule has 0 bridgehead atoms. The van der Waals surface area contributed by atoms with Gasteiger partial charge in [-0.1, -0.05) is 207 Å². The summed E-state index contributed by atoms with van der Waals surface area (Å²) in [5.74, 6) is -0.0927. The molecule has 0 heterocycles. The highest BCUT2D eigenvalue weighted by Crippen LogP contribution is 2.13. The fourth-order valence-electron chi connectivity index (χ4n) is 6.31. The van der Waals surface area contributed by atoms with Crippen molar-refractivity contribution in [3.63, 3.8) is 0 Å². The molecule has 0 aromatic heterocycles. The maximum atomic E-state index is 12.4. The highest BCUT2D eigenvalue weighted by Gasteiger charge is 2.17. The predicted molar refractivity (Wildman–Crippen MR) is 243 cm³/mol. The van der Waals surface area contributed by atoms with E-state index in [2.05, 4.69) is 104 Å². The first-order chi connectivity index (χ1) is 27.2. The van der Waals surface area contributed by atoms with Gasteiger partial charge in [0.05, 0.1) is 18.8 Å². The molecule has 0 aromatic rings. The van der Waals surface area contributed by atoms with E-state index in [1.807, 2.05) is 6.08 Å². The summed E-state index contributed by atoms with van der Waals surface area (Å²) in [6, 6.07) is -0.654. The van der Waals surface area contributed by atoms with Gasteiger partial charge in [0, 0.05) is 6.42 Å². The molecule has 55 heavy (non-hydrogen) atoms. The molecule has 0 rings (SSSR count). The summed E-state index contributed by atoms with van der Waals surface area (Å²) in [7, 11) is 0. The average molecular weight is 762 g/mol. The van der Waals surface area contributed by atoms with Crippen LogP contribution in [-0.2, 0) is 4.79 Å². The maximum Gasteiger partial charge on any atom is 0.220 e. The number of nitrogens with one attached hydrogen (secondary N) is 1. The molecule has 0 fully saturated rings. The number of amides is 1. The normalized spacial score (nSPS) is 13.9. The Morgan fingerprint density at radius 1 is 0.455 bits per heavy atom. The first kappa shape index (κ1) is 52.3. The smallest absolute Gasteiger partial charge is 0.220 e. The van der Waals surface area contributed by atoms with Crippen LogP contribution in [0.1, 0.15) is 200 Å². The number of aliphatic hydroxyl groups is 2. The van der Waals surface area contributed by atoms with Crippen molar-refractivity contribution in [1.29, 1.82) is 0 Å². The molecule has 3 N–H and O–H groups in total. The van der Waals surface area contributed by atoms with Crippen LogP contribution in [0.3, 0.4) is 0 Å². The Balaban J connectivity index is 3.70. The van der Waals surface area contributed by atoms with Crippen molar-refractivity contribution < 1.29 is 15.0 Å². The Bertz CT molecular complexity index is 1050. The monoisotopic (exact) mass is 762 g/mol. The Morgan fingerprint density at radius 2 is 0.818 bits per heavy atom. The van der Waals surface area contributed by atoms with E-state index < -0.39 is 12.1 Å². The van der Waals surface area contributed by atoms with E-state index in [1.54, 1.807) is 6.08 Å². The van der Waals surface area contributed by atoms with Gasteiger partial charge in [-0.3, -0.25) is 4.79 Å². The minimum atomic E-state index is -0.875. The van der Waals surface area contributed by atoms with Gasteiger partial charge < -0.3 is 15.5 Å². The number of allylic oxidation sites excluding steroid dienone is 15. The van der Waals surface area contributed by atoms with E-state index in [9.17, 15) is 15.0 Å². The zero-order valence-electron chi connectivity index (χ0n) is 35.9. The molecule has 2 atom stereocenters. The van der Waals surface area contributed by atoms with Crippen LogP contribution in [0.15, 0.2) is 97.2 Å². The van der Waals surface area contributed by atoms with Crippen molar-refractivity contribution in [3.05, 3.63) is 97.2 Å². The third-order valence-corrected chi connectivity index (χ3v) is 9.80. The van der Waals surface area contributed by atoms with Gasteiger partial charge in [-0.05, 0) is 83.5 Å². The van der Waals surface area contributed by atoms with E-state index in [0.29, 0.717) is 6.42 Å². The van der Waals surface area contributed by atoms with Crippen molar-refractivity contribution in [2.75, 3.05) is 6.61 Å². The highest BCUT2D eigenvalue weighted by atomic mass is 16.3. The number of rotatable bonds is 40. The number of carbonyl (C=O) groups excluding carboxylic acids is 1. The van der Waals surface area contributed by atoms with Gasteiger partial charge in [0.15, 0.2) is 0 Å². The lowest BCUT2D eigenvalue weighted by Gasteiger charge is -2.19. The van der Waals surface area contributed by atoms with Crippen LogP contribution in [0.5, 0.6) is 0 Å². The zero-order chi connectivity index (χ0) is 40.0. The van der Waals surface area contributed by atoms with Crippen molar-refractivity contribution in [3.8, 4) is 0 Å². The largest absolute Gasteiger partial charge is 0.394 e. The van der Waals surface area contributed by atoms with Gasteiger partial charge in [-0.2, -0.15) is 0 Å². The van der Waals surface area contributed by atoms with Gasteiger partial charge in [0.1, 0.15) is 0 Å². The molecule has 0 radical (unpaired) electrons. The molecule has 0 aliphatic rings. The number of hydrogen-bond acceptors (Lipinski definition) is 3. The van der Waals surface area contributed by atoms with Gasteiger partial charge in [-0.15, -0.1) is 0 Å². The topological polar surface area (TPSA) is 69.6 Å². The van der Waals surface area contributed by atoms with Gasteiger partial charge in [-0.25, -0.2) is 0 Å². The molecule has 4 nitrogen and oxygen atoms in total. The first-order valence-electron chi connectivity index (χ1n) is 23.0. The summed E-state index contributed by atoms with van der Waals surface area (Å²) in [4.78, 5) is 12.4. The number of carbonyl (C=O) groups is 1. The third kappa shape index (κ3) is 42.3. The van der Waals surface area contributed by atoms with Crippen LogP contribution in [0.4, 0.5) is 0 Å². The number of hydrogen-bond donors (Lipinski definition) is 3. The first-order valence-corrected chi connectivity index (χ1v) is 23.0. The summed E-state index contributed by atoms with van der Waals surface area (Å²) in [6.45, 7) is 4.17. The lowest BCUT2D eigenvalue weighted by atomic mass is 10.0. The summed E-state index contributed by atoms with van der Waals surface area (Å²) < 4.78 is 0. The molecule has 1 amide bonds. The van der Waals surface area contributed by atoms with Gasteiger partial charge in [0.2, 0.25) is 5.91 Å². The van der Waals surface area contributed by atoms with Gasteiger partial charge >= 0.3 is 0 Å². The SMILES string of the molecule is CC/C=C\C/C=C\C/C=C\C/C=C\C/C=C\C/C=C\CCCCCCCCC(=O)NC(CO)C(O)/C=C/CC/C=C/CCCCCCCCCCCCCC. The minimum absolute atomic E-state index is 0.0927. The second-order valence-corrected chi connectivity index (χ2v) is 15.1. The molecule has 2 unspecified atom stereocenters. The van der Waals surface area contributed by atoms with Crippen LogP contribution in [0.25, 0.3) is 0 Å². The summed E-state index contributed by atoms with van der Waals surface area (Å²) in [5.41, 5.74) is 0. The van der Waals surface area contributed by atoms with Crippen molar-refractivity contribution >= 4 is 5.91 Å². The molecule has 4 heteroatoms. The molecule has 0 aromatic carbocycles. The highest BCUT2D eigenvalue weighted by molar-refractivity contribution is 5.76.